The lowest BCUT2D eigenvalue weighted by molar-refractivity contribution is 0.0968. The maximum Gasteiger partial charge on any atom is 0.163 e. The zero-order chi connectivity index (χ0) is 12.4. The fourth-order valence-corrected chi connectivity index (χ4v) is 2.42. The Morgan fingerprint density at radius 3 is 2.71 bits per heavy atom. The van der Waals surface area contributed by atoms with Crippen LogP contribution in [0.15, 0.2) is 40.9 Å². The van der Waals surface area contributed by atoms with Gasteiger partial charge >= 0.3 is 0 Å². The average Bonchev–Trinajstić information content (AvgIpc) is 2.28. The van der Waals surface area contributed by atoms with Crippen LogP contribution in [0.25, 0.3) is 10.8 Å². The predicted molar refractivity (Wildman–Crippen MR) is 75.4 cm³/mol. The number of carbonyl (C=O) groups excluding carboxylic acids is 1. The van der Waals surface area contributed by atoms with Crippen LogP contribution >= 0.6 is 15.9 Å². The van der Waals surface area contributed by atoms with Gasteiger partial charge in [-0.1, -0.05) is 54.0 Å². The Morgan fingerprint density at radius 1 is 1.24 bits per heavy atom. The van der Waals surface area contributed by atoms with E-state index >= 15 is 0 Å². The van der Waals surface area contributed by atoms with Crippen molar-refractivity contribution in [2.24, 2.45) is 5.92 Å². The highest BCUT2D eigenvalue weighted by Crippen LogP contribution is 2.25. The van der Waals surface area contributed by atoms with Crippen molar-refractivity contribution in [1.29, 1.82) is 0 Å². The normalized spacial score (nSPS) is 11.1. The van der Waals surface area contributed by atoms with Crippen molar-refractivity contribution in [2.75, 3.05) is 0 Å². The Hall–Kier alpha value is -1.15. The van der Waals surface area contributed by atoms with Crippen LogP contribution in [0.5, 0.6) is 0 Å². The van der Waals surface area contributed by atoms with E-state index in [0.29, 0.717) is 12.3 Å². The molecule has 0 unspecified atom stereocenters. The number of rotatable bonds is 3. The molecule has 0 N–H and O–H groups in total. The van der Waals surface area contributed by atoms with Crippen molar-refractivity contribution < 1.29 is 4.79 Å². The fraction of sp³-hybridized carbons (Fsp3) is 0.267. The van der Waals surface area contributed by atoms with Gasteiger partial charge in [-0.3, -0.25) is 4.79 Å². The van der Waals surface area contributed by atoms with E-state index in [1.54, 1.807) is 0 Å². The van der Waals surface area contributed by atoms with E-state index in [9.17, 15) is 4.79 Å². The van der Waals surface area contributed by atoms with Crippen LogP contribution < -0.4 is 0 Å². The third kappa shape index (κ3) is 2.75. The molecule has 17 heavy (non-hydrogen) atoms. The molecule has 0 amide bonds. The van der Waals surface area contributed by atoms with Gasteiger partial charge in [-0.05, 0) is 28.8 Å². The minimum absolute atomic E-state index is 0.224. The first-order valence-corrected chi connectivity index (χ1v) is 6.58. The summed E-state index contributed by atoms with van der Waals surface area (Å²) >= 11 is 3.51. The summed E-state index contributed by atoms with van der Waals surface area (Å²) in [6.45, 7) is 4.13. The van der Waals surface area contributed by atoms with Crippen LogP contribution in [0, 0.1) is 5.92 Å². The van der Waals surface area contributed by atoms with E-state index in [1.807, 2.05) is 36.4 Å². The number of fused-ring (bicyclic) bond motifs is 1. The first kappa shape index (κ1) is 12.3. The molecule has 0 atom stereocenters. The van der Waals surface area contributed by atoms with Gasteiger partial charge < -0.3 is 0 Å². The molecule has 0 heterocycles. The van der Waals surface area contributed by atoms with Gasteiger partial charge in [0.1, 0.15) is 0 Å². The van der Waals surface area contributed by atoms with E-state index in [0.717, 1.165) is 20.8 Å². The first-order chi connectivity index (χ1) is 8.08. The lowest BCUT2D eigenvalue weighted by Crippen LogP contribution is -2.03. The molecule has 2 aromatic rings. The van der Waals surface area contributed by atoms with E-state index in [4.69, 9.17) is 0 Å². The summed E-state index contributed by atoms with van der Waals surface area (Å²) < 4.78 is 1.07. The minimum atomic E-state index is 0.224. The molecule has 0 radical (unpaired) electrons. The minimum Gasteiger partial charge on any atom is -0.294 e. The van der Waals surface area contributed by atoms with Crippen molar-refractivity contribution in [1.82, 2.24) is 0 Å². The lowest BCUT2D eigenvalue weighted by atomic mass is 9.99. The van der Waals surface area contributed by atoms with E-state index in [-0.39, 0.29) is 5.78 Å². The number of carbonyl (C=O) groups is 1. The third-order valence-corrected chi connectivity index (χ3v) is 3.43. The third-order valence-electron chi connectivity index (χ3n) is 2.74. The van der Waals surface area contributed by atoms with Gasteiger partial charge in [0.05, 0.1) is 0 Å². The summed E-state index contributed by atoms with van der Waals surface area (Å²) in [5.41, 5.74) is 0.810. The number of ketones is 1. The highest BCUT2D eigenvalue weighted by molar-refractivity contribution is 9.10. The van der Waals surface area contributed by atoms with Gasteiger partial charge in [-0.2, -0.15) is 0 Å². The Kier molecular flexibility index (Phi) is 3.63. The van der Waals surface area contributed by atoms with Crippen LogP contribution in [-0.2, 0) is 0 Å². The average molecular weight is 291 g/mol. The van der Waals surface area contributed by atoms with Crippen molar-refractivity contribution >= 4 is 32.5 Å². The predicted octanol–water partition coefficient (Wildman–Crippen LogP) is 4.83. The second-order valence-corrected chi connectivity index (χ2v) is 5.55. The molecule has 1 nitrogen and oxygen atoms in total. The Morgan fingerprint density at radius 2 is 2.00 bits per heavy atom. The van der Waals surface area contributed by atoms with Crippen molar-refractivity contribution in [3.63, 3.8) is 0 Å². The standard InChI is InChI=1S/C15H15BrO/c1-10(2)8-15(17)12-6-7-13-11(9-12)4-3-5-14(13)16/h3-7,9-10H,8H2,1-2H3. The SMILES string of the molecule is CC(C)CC(=O)c1ccc2c(Br)cccc2c1. The monoisotopic (exact) mass is 290 g/mol. The summed E-state index contributed by atoms with van der Waals surface area (Å²) in [5.74, 6) is 0.627. The molecule has 88 valence electrons. The van der Waals surface area contributed by atoms with Gasteiger partial charge in [0.25, 0.3) is 0 Å². The van der Waals surface area contributed by atoms with Crippen LogP contribution in [-0.4, -0.2) is 5.78 Å². The van der Waals surface area contributed by atoms with Crippen LogP contribution in [0.4, 0.5) is 0 Å². The Bertz CT molecular complexity index is 558. The van der Waals surface area contributed by atoms with Gasteiger partial charge in [-0.25, -0.2) is 0 Å². The molecule has 2 aromatic carbocycles. The van der Waals surface area contributed by atoms with Crippen LogP contribution in [0.1, 0.15) is 30.6 Å². The van der Waals surface area contributed by atoms with E-state index < -0.39 is 0 Å². The Balaban J connectivity index is 2.42. The lowest BCUT2D eigenvalue weighted by Gasteiger charge is -2.06. The molecule has 0 saturated heterocycles. The fourth-order valence-electron chi connectivity index (χ4n) is 1.91. The zero-order valence-electron chi connectivity index (χ0n) is 10.0. The van der Waals surface area contributed by atoms with Gasteiger partial charge in [0, 0.05) is 16.5 Å². The zero-order valence-corrected chi connectivity index (χ0v) is 11.6. The maximum absolute atomic E-state index is 12.0. The molecule has 2 rings (SSSR count). The largest absolute Gasteiger partial charge is 0.294 e. The molecule has 0 aliphatic rings. The summed E-state index contributed by atoms with van der Waals surface area (Å²) in [7, 11) is 0. The quantitative estimate of drug-likeness (QED) is 0.740. The van der Waals surface area contributed by atoms with Crippen molar-refractivity contribution in [3.8, 4) is 0 Å². The van der Waals surface area contributed by atoms with E-state index in [1.165, 1.54) is 0 Å². The molecule has 0 saturated carbocycles. The second kappa shape index (κ2) is 5.01. The highest BCUT2D eigenvalue weighted by atomic mass is 79.9. The maximum atomic E-state index is 12.0. The summed E-state index contributed by atoms with van der Waals surface area (Å²) in [6.07, 6.45) is 0.611. The number of hydrogen-bond donors (Lipinski definition) is 0. The highest BCUT2D eigenvalue weighted by Gasteiger charge is 2.09. The molecule has 0 aromatic heterocycles. The molecular formula is C15H15BrO. The summed E-state index contributed by atoms with van der Waals surface area (Å²) in [5, 5.41) is 2.25. The number of Topliss-reactive ketones (excluding diaryl/α,β-unsaturated/α-hetero) is 1. The summed E-state index contributed by atoms with van der Waals surface area (Å²) in [4.78, 5) is 12.0. The second-order valence-electron chi connectivity index (χ2n) is 4.70. The smallest absolute Gasteiger partial charge is 0.163 e. The molecule has 0 aliphatic carbocycles. The van der Waals surface area contributed by atoms with Gasteiger partial charge in [-0.15, -0.1) is 0 Å². The molecule has 2 heteroatoms. The summed E-state index contributed by atoms with van der Waals surface area (Å²) in [6, 6.07) is 11.9. The van der Waals surface area contributed by atoms with Crippen molar-refractivity contribution in [3.05, 3.63) is 46.4 Å². The van der Waals surface area contributed by atoms with Gasteiger partial charge in [0.2, 0.25) is 0 Å². The number of halogens is 1. The molecular weight excluding hydrogens is 276 g/mol. The van der Waals surface area contributed by atoms with Crippen LogP contribution in [0.3, 0.4) is 0 Å². The van der Waals surface area contributed by atoms with Crippen LogP contribution in [0.2, 0.25) is 0 Å². The number of hydrogen-bond acceptors (Lipinski definition) is 1. The number of benzene rings is 2. The topological polar surface area (TPSA) is 17.1 Å². The van der Waals surface area contributed by atoms with Crippen molar-refractivity contribution in [2.45, 2.75) is 20.3 Å². The molecule has 0 spiro atoms. The molecule has 0 aliphatic heterocycles. The van der Waals surface area contributed by atoms with E-state index in [2.05, 4.69) is 29.8 Å². The Labute approximate surface area is 110 Å². The molecule has 0 bridgehead atoms. The first-order valence-electron chi connectivity index (χ1n) is 5.79. The van der Waals surface area contributed by atoms with Gasteiger partial charge in [0.15, 0.2) is 5.78 Å². The molecule has 0 fully saturated rings.